The number of amides is 1. The molecule has 1 amide bonds. The lowest BCUT2D eigenvalue weighted by Gasteiger charge is -2.35. The first-order chi connectivity index (χ1) is 9.93. The molecule has 1 saturated carbocycles. The Hall–Kier alpha value is -1.07. The number of nitrogens with two attached hydrogens (primary N) is 1. The molecule has 0 unspecified atom stereocenters. The predicted octanol–water partition coefficient (Wildman–Crippen LogP) is 3.09. The number of carbonyl (C=O) groups excluding carboxylic acids is 1. The summed E-state index contributed by atoms with van der Waals surface area (Å²) in [5, 5.41) is 13.4. The number of benzene rings is 1. The third kappa shape index (κ3) is 4.20. The zero-order chi connectivity index (χ0) is 15.5. The van der Waals surface area contributed by atoms with Crippen molar-refractivity contribution in [1.29, 1.82) is 0 Å². The Morgan fingerprint density at radius 3 is 2.76 bits per heavy atom. The van der Waals surface area contributed by atoms with Gasteiger partial charge < -0.3 is 16.2 Å². The Balaban J connectivity index is 1.93. The first-order valence-corrected chi connectivity index (χ1v) is 8.28. The van der Waals surface area contributed by atoms with Crippen molar-refractivity contribution in [2.75, 3.05) is 12.3 Å². The molecular weight excluding hydrogens is 332 g/mol. The van der Waals surface area contributed by atoms with Crippen molar-refractivity contribution >= 4 is 27.5 Å². The van der Waals surface area contributed by atoms with E-state index in [2.05, 4.69) is 28.2 Å². The number of hydrogen-bond donors (Lipinski definition) is 3. The highest BCUT2D eigenvalue weighted by molar-refractivity contribution is 9.10. The van der Waals surface area contributed by atoms with Gasteiger partial charge in [-0.1, -0.05) is 13.3 Å². The van der Waals surface area contributed by atoms with E-state index in [1.807, 2.05) is 0 Å². The minimum atomic E-state index is -0.770. The van der Waals surface area contributed by atoms with Gasteiger partial charge in [-0.15, -0.1) is 0 Å². The van der Waals surface area contributed by atoms with E-state index in [9.17, 15) is 9.90 Å². The van der Waals surface area contributed by atoms with E-state index in [4.69, 9.17) is 5.73 Å². The van der Waals surface area contributed by atoms with E-state index in [0.29, 0.717) is 28.2 Å². The van der Waals surface area contributed by atoms with Crippen LogP contribution in [0.2, 0.25) is 0 Å². The van der Waals surface area contributed by atoms with Crippen LogP contribution in [-0.4, -0.2) is 23.2 Å². The SMILES string of the molecule is CCC1CCC(O)(CNC(=O)c2cc(N)ccc2Br)CC1. The zero-order valence-corrected chi connectivity index (χ0v) is 13.9. The fraction of sp³-hybridized carbons (Fsp3) is 0.562. The maximum Gasteiger partial charge on any atom is 0.252 e. The normalized spacial score (nSPS) is 25.6. The van der Waals surface area contributed by atoms with Crippen LogP contribution in [0.5, 0.6) is 0 Å². The molecule has 4 N–H and O–H groups in total. The van der Waals surface area contributed by atoms with Gasteiger partial charge in [0.2, 0.25) is 0 Å². The second kappa shape index (κ2) is 6.79. The van der Waals surface area contributed by atoms with Gasteiger partial charge >= 0.3 is 0 Å². The van der Waals surface area contributed by atoms with E-state index >= 15 is 0 Å². The lowest BCUT2D eigenvalue weighted by molar-refractivity contribution is -0.00787. The van der Waals surface area contributed by atoms with E-state index in [1.165, 1.54) is 6.42 Å². The van der Waals surface area contributed by atoms with Gasteiger partial charge in [0.25, 0.3) is 5.91 Å². The molecule has 1 aliphatic rings. The number of rotatable bonds is 4. The summed E-state index contributed by atoms with van der Waals surface area (Å²) in [5.74, 6) is 0.504. The lowest BCUT2D eigenvalue weighted by Crippen LogP contribution is -2.45. The van der Waals surface area contributed by atoms with Gasteiger partial charge in [-0.2, -0.15) is 0 Å². The van der Waals surface area contributed by atoms with Crippen LogP contribution in [0.15, 0.2) is 22.7 Å². The van der Waals surface area contributed by atoms with Crippen molar-refractivity contribution in [3.05, 3.63) is 28.2 Å². The van der Waals surface area contributed by atoms with Crippen molar-refractivity contribution in [3.63, 3.8) is 0 Å². The summed E-state index contributed by atoms with van der Waals surface area (Å²) < 4.78 is 0.705. The van der Waals surface area contributed by atoms with Crippen molar-refractivity contribution in [2.24, 2.45) is 5.92 Å². The Morgan fingerprint density at radius 1 is 1.48 bits per heavy atom. The molecule has 1 fully saturated rings. The van der Waals surface area contributed by atoms with Gasteiger partial charge in [-0.05, 0) is 65.7 Å². The third-order valence-corrected chi connectivity index (χ3v) is 5.12. The highest BCUT2D eigenvalue weighted by Gasteiger charge is 2.33. The molecule has 21 heavy (non-hydrogen) atoms. The highest BCUT2D eigenvalue weighted by atomic mass is 79.9. The highest BCUT2D eigenvalue weighted by Crippen LogP contribution is 2.33. The Kier molecular flexibility index (Phi) is 5.27. The van der Waals surface area contributed by atoms with Crippen molar-refractivity contribution in [1.82, 2.24) is 5.32 Å². The Bertz CT molecular complexity index is 511. The first kappa shape index (κ1) is 16.3. The quantitative estimate of drug-likeness (QED) is 0.727. The van der Waals surface area contributed by atoms with Gasteiger partial charge in [0.1, 0.15) is 0 Å². The largest absolute Gasteiger partial charge is 0.399 e. The standard InChI is InChI=1S/C16H23BrN2O2/c1-2-11-5-7-16(21,8-6-11)10-19-15(20)13-9-12(18)3-4-14(13)17/h3-4,9,11,21H,2,5-8,10,18H2,1H3,(H,19,20). The average molecular weight is 355 g/mol. The van der Waals surface area contributed by atoms with Gasteiger partial charge in [-0.25, -0.2) is 0 Å². The van der Waals surface area contributed by atoms with Gasteiger partial charge in [0, 0.05) is 16.7 Å². The second-order valence-electron chi connectivity index (χ2n) is 6.00. The van der Waals surface area contributed by atoms with Crippen LogP contribution >= 0.6 is 15.9 Å². The van der Waals surface area contributed by atoms with Gasteiger partial charge in [0.15, 0.2) is 0 Å². The van der Waals surface area contributed by atoms with Crippen LogP contribution in [0.1, 0.15) is 49.4 Å². The van der Waals surface area contributed by atoms with E-state index < -0.39 is 5.60 Å². The van der Waals surface area contributed by atoms with Gasteiger partial charge in [0.05, 0.1) is 11.2 Å². The number of nitrogen functional groups attached to an aromatic ring is 1. The molecule has 5 heteroatoms. The molecule has 0 heterocycles. The minimum absolute atomic E-state index is 0.208. The first-order valence-electron chi connectivity index (χ1n) is 7.49. The second-order valence-corrected chi connectivity index (χ2v) is 6.85. The number of anilines is 1. The fourth-order valence-corrected chi connectivity index (χ4v) is 3.28. The topological polar surface area (TPSA) is 75.3 Å². The number of aliphatic hydroxyl groups is 1. The number of halogens is 1. The molecule has 0 atom stereocenters. The molecule has 1 aliphatic carbocycles. The maximum absolute atomic E-state index is 12.2. The number of carbonyl (C=O) groups is 1. The molecule has 0 saturated heterocycles. The molecule has 0 aliphatic heterocycles. The summed E-state index contributed by atoms with van der Waals surface area (Å²) in [6.07, 6.45) is 4.74. The summed E-state index contributed by atoms with van der Waals surface area (Å²) >= 11 is 3.35. The third-order valence-electron chi connectivity index (χ3n) is 4.43. The number of nitrogens with one attached hydrogen (secondary N) is 1. The smallest absolute Gasteiger partial charge is 0.252 e. The fourth-order valence-electron chi connectivity index (χ4n) is 2.86. The van der Waals surface area contributed by atoms with Crippen LogP contribution in [0.25, 0.3) is 0 Å². The summed E-state index contributed by atoms with van der Waals surface area (Å²) in [5.41, 5.74) is 5.99. The van der Waals surface area contributed by atoms with Crippen LogP contribution in [0.4, 0.5) is 5.69 Å². The molecule has 0 spiro atoms. The summed E-state index contributed by atoms with van der Waals surface area (Å²) in [7, 11) is 0. The zero-order valence-electron chi connectivity index (χ0n) is 12.4. The minimum Gasteiger partial charge on any atom is -0.399 e. The van der Waals surface area contributed by atoms with Crippen LogP contribution in [-0.2, 0) is 0 Å². The van der Waals surface area contributed by atoms with Gasteiger partial charge in [-0.3, -0.25) is 4.79 Å². The molecule has 116 valence electrons. The van der Waals surface area contributed by atoms with Crippen LogP contribution in [0.3, 0.4) is 0 Å². The molecule has 4 nitrogen and oxygen atoms in total. The summed E-state index contributed by atoms with van der Waals surface area (Å²) in [4.78, 5) is 12.2. The van der Waals surface area contributed by atoms with Crippen molar-refractivity contribution in [3.8, 4) is 0 Å². The molecule has 1 aromatic rings. The Morgan fingerprint density at radius 2 is 2.14 bits per heavy atom. The van der Waals surface area contributed by atoms with Crippen molar-refractivity contribution < 1.29 is 9.90 Å². The van der Waals surface area contributed by atoms with E-state index in [1.54, 1.807) is 18.2 Å². The molecule has 2 rings (SSSR count). The maximum atomic E-state index is 12.2. The predicted molar refractivity (Wildman–Crippen MR) is 88.1 cm³/mol. The molecule has 1 aromatic carbocycles. The summed E-state index contributed by atoms with van der Waals surface area (Å²) in [6.45, 7) is 2.48. The monoisotopic (exact) mass is 354 g/mol. The lowest BCUT2D eigenvalue weighted by atomic mass is 9.78. The molecule has 0 radical (unpaired) electrons. The van der Waals surface area contributed by atoms with Crippen LogP contribution in [0, 0.1) is 5.92 Å². The molecule has 0 aromatic heterocycles. The Labute approximate surface area is 134 Å². The average Bonchev–Trinajstić information content (AvgIpc) is 2.48. The van der Waals surface area contributed by atoms with Crippen molar-refractivity contribution in [2.45, 2.75) is 44.6 Å². The van der Waals surface area contributed by atoms with Crippen LogP contribution < -0.4 is 11.1 Å². The van der Waals surface area contributed by atoms with E-state index in [0.717, 1.165) is 25.7 Å². The molecule has 0 bridgehead atoms. The summed E-state index contributed by atoms with van der Waals surface area (Å²) in [6, 6.07) is 5.13. The van der Waals surface area contributed by atoms with E-state index in [-0.39, 0.29) is 5.91 Å². The number of hydrogen-bond acceptors (Lipinski definition) is 3. The molecular formula is C16H23BrN2O2.